The number of hydrogen-bond acceptors (Lipinski definition) is 6. The van der Waals surface area contributed by atoms with Gasteiger partial charge in [-0.15, -0.1) is 0 Å². The van der Waals surface area contributed by atoms with Gasteiger partial charge in [0, 0.05) is 62.0 Å². The molecule has 5 rings (SSSR count). The molecule has 0 N–H and O–H groups in total. The van der Waals surface area contributed by atoms with Crippen LogP contribution in [0.1, 0.15) is 31.0 Å². The number of aromatic nitrogens is 3. The first-order valence-corrected chi connectivity index (χ1v) is 10.5. The minimum absolute atomic E-state index is 0.0174. The zero-order valence-electron chi connectivity index (χ0n) is 17.0. The van der Waals surface area contributed by atoms with Crippen molar-refractivity contribution in [2.75, 3.05) is 37.7 Å². The Morgan fingerprint density at radius 1 is 1.20 bits per heavy atom. The third-order valence-electron chi connectivity index (χ3n) is 6.22. The SMILES string of the molecule is CCOc1ccnc(N2C[C@H]3C[C@@H](C2)[C@H](C(=O)N2CC=CC2)n2c3cccc2=O)n1. The smallest absolute Gasteiger partial charge is 0.251 e. The van der Waals surface area contributed by atoms with Crippen molar-refractivity contribution in [1.29, 1.82) is 0 Å². The molecule has 0 saturated carbocycles. The van der Waals surface area contributed by atoms with Gasteiger partial charge in [0.05, 0.1) is 6.61 Å². The molecule has 0 radical (unpaired) electrons. The van der Waals surface area contributed by atoms with Gasteiger partial charge >= 0.3 is 0 Å². The Kier molecular flexibility index (Phi) is 4.77. The summed E-state index contributed by atoms with van der Waals surface area (Å²) in [5.41, 5.74) is 0.825. The van der Waals surface area contributed by atoms with Gasteiger partial charge < -0.3 is 14.5 Å². The van der Waals surface area contributed by atoms with E-state index < -0.39 is 6.04 Å². The first kappa shape index (κ1) is 18.8. The van der Waals surface area contributed by atoms with E-state index in [-0.39, 0.29) is 23.3 Å². The number of piperidine rings is 1. The van der Waals surface area contributed by atoms with E-state index in [0.29, 0.717) is 44.6 Å². The predicted octanol–water partition coefficient (Wildman–Crippen LogP) is 1.60. The first-order chi connectivity index (χ1) is 14.7. The Hall–Kier alpha value is -3.16. The van der Waals surface area contributed by atoms with Crippen LogP contribution in [0, 0.1) is 5.92 Å². The van der Waals surface area contributed by atoms with Gasteiger partial charge in [0.25, 0.3) is 5.56 Å². The number of carbonyl (C=O) groups excluding carboxylic acids is 1. The molecule has 30 heavy (non-hydrogen) atoms. The summed E-state index contributed by atoms with van der Waals surface area (Å²) < 4.78 is 7.28. The number of amides is 1. The van der Waals surface area contributed by atoms with Gasteiger partial charge in [0.2, 0.25) is 17.7 Å². The van der Waals surface area contributed by atoms with E-state index in [2.05, 4.69) is 14.9 Å². The summed E-state index contributed by atoms with van der Waals surface area (Å²) in [5.74, 6) is 1.34. The maximum absolute atomic E-state index is 13.5. The van der Waals surface area contributed by atoms with Gasteiger partial charge in [0.15, 0.2) is 0 Å². The van der Waals surface area contributed by atoms with Crippen molar-refractivity contribution in [3.63, 3.8) is 0 Å². The highest BCUT2D eigenvalue weighted by molar-refractivity contribution is 5.82. The Labute approximate surface area is 174 Å². The van der Waals surface area contributed by atoms with E-state index >= 15 is 0 Å². The van der Waals surface area contributed by atoms with E-state index in [1.807, 2.05) is 30.0 Å². The molecule has 1 fully saturated rings. The molecule has 0 spiro atoms. The fourth-order valence-corrected chi connectivity index (χ4v) is 4.97. The molecule has 156 valence electrons. The van der Waals surface area contributed by atoms with Crippen molar-refractivity contribution < 1.29 is 9.53 Å². The molecule has 3 aliphatic rings. The molecule has 2 bridgehead atoms. The normalized spacial score (nSPS) is 24.6. The van der Waals surface area contributed by atoms with E-state index in [1.165, 1.54) is 0 Å². The number of ether oxygens (including phenoxy) is 1. The standard InChI is InChI=1S/C22H25N5O3/c1-2-30-18-8-9-23-22(24-18)26-13-15-12-16(14-26)20(21(29)25-10-3-4-11-25)27-17(15)6-5-7-19(27)28/h3-9,15-16,20H,2,10-14H2,1H3/t15-,16+,20-/m1/s1. The number of nitrogens with zero attached hydrogens (tertiary/aromatic N) is 5. The molecular weight excluding hydrogens is 382 g/mol. The Morgan fingerprint density at radius 2 is 2.03 bits per heavy atom. The van der Waals surface area contributed by atoms with Crippen molar-refractivity contribution in [3.8, 4) is 5.88 Å². The Balaban J connectivity index is 1.52. The van der Waals surface area contributed by atoms with Crippen LogP contribution < -0.4 is 15.2 Å². The lowest BCUT2D eigenvalue weighted by atomic mass is 9.78. The number of carbonyl (C=O) groups is 1. The highest BCUT2D eigenvalue weighted by atomic mass is 16.5. The predicted molar refractivity (Wildman–Crippen MR) is 112 cm³/mol. The summed E-state index contributed by atoms with van der Waals surface area (Å²) in [6.07, 6.45) is 6.58. The molecule has 0 aliphatic carbocycles. The number of hydrogen-bond donors (Lipinski definition) is 0. The number of anilines is 1. The summed E-state index contributed by atoms with van der Waals surface area (Å²) in [6.45, 7) is 5.01. The number of rotatable bonds is 4. The van der Waals surface area contributed by atoms with Crippen LogP contribution in [0.2, 0.25) is 0 Å². The van der Waals surface area contributed by atoms with Crippen LogP contribution in [0.4, 0.5) is 5.95 Å². The van der Waals surface area contributed by atoms with Crippen molar-refractivity contribution in [2.24, 2.45) is 5.92 Å². The second kappa shape index (κ2) is 7.59. The second-order valence-corrected chi connectivity index (χ2v) is 8.04. The molecule has 3 atom stereocenters. The molecule has 0 unspecified atom stereocenters. The highest BCUT2D eigenvalue weighted by Crippen LogP contribution is 2.42. The van der Waals surface area contributed by atoms with E-state index in [0.717, 1.165) is 12.1 Å². The lowest BCUT2D eigenvalue weighted by Gasteiger charge is -2.46. The van der Waals surface area contributed by atoms with Crippen molar-refractivity contribution in [3.05, 3.63) is 58.7 Å². The summed E-state index contributed by atoms with van der Waals surface area (Å²) in [7, 11) is 0. The van der Waals surface area contributed by atoms with Crippen LogP contribution in [0.3, 0.4) is 0 Å². The molecule has 0 aromatic carbocycles. The lowest BCUT2D eigenvalue weighted by Crippen LogP contribution is -2.54. The fraction of sp³-hybridized carbons (Fsp3) is 0.455. The van der Waals surface area contributed by atoms with E-state index in [9.17, 15) is 9.59 Å². The molecular formula is C22H25N5O3. The maximum atomic E-state index is 13.5. The van der Waals surface area contributed by atoms with Crippen LogP contribution in [0.15, 0.2) is 47.4 Å². The second-order valence-electron chi connectivity index (χ2n) is 8.04. The minimum Gasteiger partial charge on any atom is -0.478 e. The van der Waals surface area contributed by atoms with Crippen molar-refractivity contribution in [2.45, 2.75) is 25.3 Å². The molecule has 2 aromatic heterocycles. The minimum atomic E-state index is -0.497. The maximum Gasteiger partial charge on any atom is 0.251 e. The van der Waals surface area contributed by atoms with Gasteiger partial charge in [-0.05, 0) is 19.4 Å². The average Bonchev–Trinajstić information content (AvgIpc) is 3.30. The van der Waals surface area contributed by atoms with Crippen LogP contribution in [0.5, 0.6) is 5.88 Å². The first-order valence-electron chi connectivity index (χ1n) is 10.5. The molecule has 1 saturated heterocycles. The van der Waals surface area contributed by atoms with Crippen molar-refractivity contribution >= 4 is 11.9 Å². The molecule has 1 amide bonds. The zero-order chi connectivity index (χ0) is 20.7. The largest absolute Gasteiger partial charge is 0.478 e. The monoisotopic (exact) mass is 407 g/mol. The van der Waals surface area contributed by atoms with Crippen LogP contribution >= 0.6 is 0 Å². The molecule has 3 aliphatic heterocycles. The van der Waals surface area contributed by atoms with Crippen LogP contribution in [-0.4, -0.2) is 58.1 Å². The fourth-order valence-electron chi connectivity index (χ4n) is 4.97. The zero-order valence-corrected chi connectivity index (χ0v) is 17.0. The third kappa shape index (κ3) is 3.16. The summed E-state index contributed by atoms with van der Waals surface area (Å²) >= 11 is 0. The number of pyridine rings is 1. The van der Waals surface area contributed by atoms with Gasteiger partial charge in [0.1, 0.15) is 6.04 Å². The molecule has 2 aromatic rings. The molecule has 8 heteroatoms. The summed E-state index contributed by atoms with van der Waals surface area (Å²) in [5, 5.41) is 0. The topological polar surface area (TPSA) is 80.6 Å². The van der Waals surface area contributed by atoms with E-state index in [4.69, 9.17) is 4.74 Å². The summed E-state index contributed by atoms with van der Waals surface area (Å²) in [6, 6.07) is 6.58. The Morgan fingerprint density at radius 3 is 2.83 bits per heavy atom. The quantitative estimate of drug-likeness (QED) is 0.717. The van der Waals surface area contributed by atoms with Gasteiger partial charge in [-0.1, -0.05) is 18.2 Å². The highest BCUT2D eigenvalue weighted by Gasteiger charge is 2.45. The molecule has 5 heterocycles. The average molecular weight is 407 g/mol. The van der Waals surface area contributed by atoms with Crippen LogP contribution in [0.25, 0.3) is 0 Å². The van der Waals surface area contributed by atoms with Gasteiger partial charge in [-0.25, -0.2) is 4.98 Å². The third-order valence-corrected chi connectivity index (χ3v) is 6.22. The van der Waals surface area contributed by atoms with Crippen molar-refractivity contribution in [1.82, 2.24) is 19.4 Å². The van der Waals surface area contributed by atoms with Crippen LogP contribution in [-0.2, 0) is 4.79 Å². The van der Waals surface area contributed by atoms with Gasteiger partial charge in [-0.3, -0.25) is 14.2 Å². The van der Waals surface area contributed by atoms with E-state index in [1.54, 1.807) is 29.0 Å². The lowest BCUT2D eigenvalue weighted by molar-refractivity contribution is -0.136. The molecule has 8 nitrogen and oxygen atoms in total. The Bertz CT molecular complexity index is 1040. The number of fused-ring (bicyclic) bond motifs is 4. The summed E-state index contributed by atoms with van der Waals surface area (Å²) in [4.78, 5) is 39.2. The van der Waals surface area contributed by atoms with Gasteiger partial charge in [-0.2, -0.15) is 4.98 Å².